The largest absolute Gasteiger partial charge is 0.493 e. The standard InChI is InChI=1S/C17H22N2O4S/c1-11-8-9-15(24-11)14(22-3)10-18-17(20)19-12-6-5-7-13(21-2)16(12)23-4/h5-9,14H,10H2,1-4H3,(H2,18,19,20). The molecule has 0 fully saturated rings. The molecule has 0 bridgehead atoms. The van der Waals surface area contributed by atoms with Crippen molar-refractivity contribution in [2.24, 2.45) is 0 Å². The summed E-state index contributed by atoms with van der Waals surface area (Å²) in [7, 11) is 4.71. The Morgan fingerprint density at radius 3 is 2.54 bits per heavy atom. The second kappa shape index (κ2) is 8.56. The van der Waals surface area contributed by atoms with Crippen molar-refractivity contribution in [2.75, 3.05) is 33.2 Å². The van der Waals surface area contributed by atoms with Gasteiger partial charge in [-0.2, -0.15) is 0 Å². The van der Waals surface area contributed by atoms with Gasteiger partial charge in [0.15, 0.2) is 11.5 Å². The molecule has 0 aliphatic carbocycles. The predicted octanol–water partition coefficient (Wildman–Crippen LogP) is 3.58. The van der Waals surface area contributed by atoms with Gasteiger partial charge in [0.1, 0.15) is 6.10 Å². The van der Waals surface area contributed by atoms with Crippen LogP contribution in [-0.2, 0) is 4.74 Å². The van der Waals surface area contributed by atoms with Crippen molar-refractivity contribution in [3.63, 3.8) is 0 Å². The molecule has 130 valence electrons. The van der Waals surface area contributed by atoms with Crippen molar-refractivity contribution in [2.45, 2.75) is 13.0 Å². The van der Waals surface area contributed by atoms with Crippen LogP contribution in [0.4, 0.5) is 10.5 Å². The number of nitrogens with one attached hydrogen (secondary N) is 2. The summed E-state index contributed by atoms with van der Waals surface area (Å²) in [6.07, 6.45) is -0.179. The second-order valence-corrected chi connectivity index (χ2v) is 6.37. The van der Waals surface area contributed by atoms with Crippen LogP contribution in [0.2, 0.25) is 0 Å². The van der Waals surface area contributed by atoms with Gasteiger partial charge in [0.05, 0.1) is 26.5 Å². The summed E-state index contributed by atoms with van der Waals surface area (Å²) in [5.74, 6) is 1.03. The quantitative estimate of drug-likeness (QED) is 0.801. The van der Waals surface area contributed by atoms with Crippen LogP contribution < -0.4 is 20.1 Å². The first-order valence-corrected chi connectivity index (χ1v) is 8.25. The summed E-state index contributed by atoms with van der Waals surface area (Å²) >= 11 is 1.65. The highest BCUT2D eigenvalue weighted by atomic mass is 32.1. The zero-order chi connectivity index (χ0) is 17.5. The summed E-state index contributed by atoms with van der Waals surface area (Å²) in [4.78, 5) is 14.5. The number of aryl methyl sites for hydroxylation is 1. The maximum Gasteiger partial charge on any atom is 0.319 e. The molecule has 0 saturated carbocycles. The smallest absolute Gasteiger partial charge is 0.319 e. The first-order chi connectivity index (χ1) is 11.6. The summed E-state index contributed by atoms with van der Waals surface area (Å²) in [6.45, 7) is 2.41. The van der Waals surface area contributed by atoms with E-state index in [1.165, 1.54) is 12.0 Å². The number of rotatable bonds is 7. The third-order valence-electron chi connectivity index (χ3n) is 3.46. The Morgan fingerprint density at radius 1 is 1.17 bits per heavy atom. The summed E-state index contributed by atoms with van der Waals surface area (Å²) in [6, 6.07) is 9.01. The van der Waals surface area contributed by atoms with E-state index in [1.54, 1.807) is 43.8 Å². The molecule has 6 nitrogen and oxygen atoms in total. The Hall–Kier alpha value is -2.25. The van der Waals surface area contributed by atoms with E-state index in [0.29, 0.717) is 23.7 Å². The van der Waals surface area contributed by atoms with Gasteiger partial charge < -0.3 is 24.8 Å². The zero-order valence-electron chi connectivity index (χ0n) is 14.2. The predicted molar refractivity (Wildman–Crippen MR) is 95.4 cm³/mol. The molecule has 7 heteroatoms. The number of thiophene rings is 1. The fourth-order valence-corrected chi connectivity index (χ4v) is 3.22. The van der Waals surface area contributed by atoms with Gasteiger partial charge in [0.2, 0.25) is 0 Å². The average molecular weight is 350 g/mol. The first-order valence-electron chi connectivity index (χ1n) is 7.44. The lowest BCUT2D eigenvalue weighted by Crippen LogP contribution is -2.32. The third-order valence-corrected chi connectivity index (χ3v) is 4.55. The van der Waals surface area contributed by atoms with E-state index in [9.17, 15) is 4.79 Å². The van der Waals surface area contributed by atoms with Gasteiger partial charge in [-0.15, -0.1) is 11.3 Å². The second-order valence-electron chi connectivity index (χ2n) is 5.05. The van der Waals surface area contributed by atoms with Gasteiger partial charge in [0.25, 0.3) is 0 Å². The Kier molecular flexibility index (Phi) is 6.45. The number of hydrogen-bond donors (Lipinski definition) is 2. The highest BCUT2D eigenvalue weighted by Gasteiger charge is 2.16. The lowest BCUT2D eigenvalue weighted by molar-refractivity contribution is 0.107. The lowest BCUT2D eigenvalue weighted by atomic mass is 10.2. The number of para-hydroxylation sites is 1. The molecule has 1 aromatic carbocycles. The Labute approximate surface area is 145 Å². The highest BCUT2D eigenvalue weighted by Crippen LogP contribution is 2.34. The molecule has 0 aliphatic heterocycles. The minimum atomic E-state index is -0.336. The zero-order valence-corrected chi connectivity index (χ0v) is 15.0. The lowest BCUT2D eigenvalue weighted by Gasteiger charge is -2.16. The van der Waals surface area contributed by atoms with Gasteiger partial charge in [-0.3, -0.25) is 0 Å². The molecule has 1 aromatic heterocycles. The summed E-state index contributed by atoms with van der Waals surface area (Å²) in [5.41, 5.74) is 0.537. The van der Waals surface area contributed by atoms with Gasteiger partial charge in [0, 0.05) is 16.9 Å². The number of hydrogen-bond acceptors (Lipinski definition) is 5. The molecule has 2 rings (SSSR count). The van der Waals surface area contributed by atoms with E-state index in [0.717, 1.165) is 4.88 Å². The van der Waals surface area contributed by atoms with Gasteiger partial charge in [-0.1, -0.05) is 6.07 Å². The average Bonchev–Trinajstić information content (AvgIpc) is 3.01. The van der Waals surface area contributed by atoms with Crippen LogP contribution in [0, 0.1) is 6.92 Å². The Bertz CT molecular complexity index is 687. The number of carbonyl (C=O) groups is 1. The highest BCUT2D eigenvalue weighted by molar-refractivity contribution is 7.12. The van der Waals surface area contributed by atoms with Crippen molar-refractivity contribution in [3.8, 4) is 11.5 Å². The van der Waals surface area contributed by atoms with Gasteiger partial charge in [-0.05, 0) is 31.2 Å². The molecule has 1 atom stereocenters. The van der Waals surface area contributed by atoms with Crippen molar-refractivity contribution in [1.29, 1.82) is 0 Å². The topological polar surface area (TPSA) is 68.8 Å². The third kappa shape index (κ3) is 4.39. The Balaban J connectivity index is 1.98. The molecule has 2 N–H and O–H groups in total. The van der Waals surface area contributed by atoms with Crippen molar-refractivity contribution in [1.82, 2.24) is 5.32 Å². The van der Waals surface area contributed by atoms with E-state index in [4.69, 9.17) is 14.2 Å². The molecule has 24 heavy (non-hydrogen) atoms. The minimum Gasteiger partial charge on any atom is -0.493 e. The van der Waals surface area contributed by atoms with E-state index >= 15 is 0 Å². The number of methoxy groups -OCH3 is 3. The molecule has 1 unspecified atom stereocenters. The van der Waals surface area contributed by atoms with Crippen LogP contribution in [0.15, 0.2) is 30.3 Å². The number of amides is 2. The van der Waals surface area contributed by atoms with Crippen LogP contribution in [-0.4, -0.2) is 33.9 Å². The number of carbonyl (C=O) groups excluding carboxylic acids is 1. The monoisotopic (exact) mass is 350 g/mol. The number of anilines is 1. The Morgan fingerprint density at radius 2 is 1.96 bits per heavy atom. The van der Waals surface area contributed by atoms with Crippen LogP contribution in [0.3, 0.4) is 0 Å². The molecular weight excluding hydrogens is 328 g/mol. The van der Waals surface area contributed by atoms with Crippen molar-refractivity contribution in [3.05, 3.63) is 40.1 Å². The maximum absolute atomic E-state index is 12.2. The fraction of sp³-hybridized carbons (Fsp3) is 0.353. The molecule has 0 spiro atoms. The molecular formula is C17H22N2O4S. The van der Waals surface area contributed by atoms with Gasteiger partial charge >= 0.3 is 6.03 Å². The molecule has 0 radical (unpaired) electrons. The molecule has 1 heterocycles. The molecule has 0 aliphatic rings. The molecule has 0 saturated heterocycles. The van der Waals surface area contributed by atoms with Crippen molar-refractivity contribution < 1.29 is 19.0 Å². The number of benzene rings is 1. The van der Waals surface area contributed by atoms with Crippen LogP contribution in [0.25, 0.3) is 0 Å². The normalized spacial score (nSPS) is 11.7. The molecule has 2 amide bonds. The van der Waals surface area contributed by atoms with E-state index in [2.05, 4.69) is 10.6 Å². The van der Waals surface area contributed by atoms with E-state index in [1.807, 2.05) is 19.1 Å². The first kappa shape index (κ1) is 18.1. The molecule has 2 aromatic rings. The van der Waals surface area contributed by atoms with Crippen LogP contribution in [0.5, 0.6) is 11.5 Å². The SMILES string of the molecule is COc1cccc(NC(=O)NCC(OC)c2ccc(C)s2)c1OC. The van der Waals surface area contributed by atoms with Crippen molar-refractivity contribution >= 4 is 23.1 Å². The van der Waals surface area contributed by atoms with Crippen LogP contribution in [0.1, 0.15) is 15.9 Å². The number of urea groups is 1. The number of ether oxygens (including phenoxy) is 3. The van der Waals surface area contributed by atoms with E-state index in [-0.39, 0.29) is 12.1 Å². The van der Waals surface area contributed by atoms with E-state index < -0.39 is 0 Å². The van der Waals surface area contributed by atoms with Gasteiger partial charge in [-0.25, -0.2) is 4.79 Å². The summed E-state index contributed by atoms with van der Waals surface area (Å²) < 4.78 is 16.0. The van der Waals surface area contributed by atoms with Crippen LogP contribution >= 0.6 is 11.3 Å². The maximum atomic E-state index is 12.2. The minimum absolute atomic E-state index is 0.179. The fourth-order valence-electron chi connectivity index (χ4n) is 2.26. The summed E-state index contributed by atoms with van der Waals surface area (Å²) in [5, 5.41) is 5.58.